The summed E-state index contributed by atoms with van der Waals surface area (Å²) in [6, 6.07) is 14.1. The SMILES string of the molecule is Nc1ccc(SCc2ccc(-n3cccn3)cc2)cn1. The maximum absolute atomic E-state index is 5.57. The van der Waals surface area contributed by atoms with Gasteiger partial charge in [0, 0.05) is 29.2 Å². The Kier molecular flexibility index (Phi) is 3.69. The summed E-state index contributed by atoms with van der Waals surface area (Å²) in [4.78, 5) is 5.21. The van der Waals surface area contributed by atoms with Gasteiger partial charge in [0.15, 0.2) is 0 Å². The van der Waals surface area contributed by atoms with Crippen molar-refractivity contribution in [2.75, 3.05) is 5.73 Å². The lowest BCUT2D eigenvalue weighted by Gasteiger charge is -2.05. The Morgan fingerprint density at radius 3 is 2.60 bits per heavy atom. The number of pyridine rings is 1. The Morgan fingerprint density at radius 2 is 1.95 bits per heavy atom. The van der Waals surface area contributed by atoms with Gasteiger partial charge >= 0.3 is 0 Å². The Morgan fingerprint density at radius 1 is 1.10 bits per heavy atom. The van der Waals surface area contributed by atoms with Crippen LogP contribution in [0.2, 0.25) is 0 Å². The molecule has 0 atom stereocenters. The van der Waals surface area contributed by atoms with Crippen LogP contribution >= 0.6 is 11.8 Å². The number of nitrogen functional groups attached to an aromatic ring is 1. The van der Waals surface area contributed by atoms with Crippen molar-refractivity contribution in [2.45, 2.75) is 10.6 Å². The number of thioether (sulfide) groups is 1. The molecule has 0 unspecified atom stereocenters. The molecule has 2 N–H and O–H groups in total. The lowest BCUT2D eigenvalue weighted by Crippen LogP contribution is -1.94. The zero-order chi connectivity index (χ0) is 13.8. The van der Waals surface area contributed by atoms with E-state index < -0.39 is 0 Å². The van der Waals surface area contributed by atoms with Gasteiger partial charge in [-0.15, -0.1) is 11.8 Å². The molecule has 4 nitrogen and oxygen atoms in total. The average molecular weight is 282 g/mol. The van der Waals surface area contributed by atoms with Crippen LogP contribution < -0.4 is 5.73 Å². The minimum absolute atomic E-state index is 0.554. The van der Waals surface area contributed by atoms with Gasteiger partial charge in [-0.05, 0) is 35.9 Å². The molecule has 0 spiro atoms. The third kappa shape index (κ3) is 3.00. The molecule has 2 aromatic heterocycles. The van der Waals surface area contributed by atoms with E-state index >= 15 is 0 Å². The second-order valence-electron chi connectivity index (χ2n) is 4.32. The molecule has 3 aromatic rings. The molecule has 0 aliphatic heterocycles. The molecule has 0 fully saturated rings. The van der Waals surface area contributed by atoms with Crippen LogP contribution in [0.4, 0.5) is 5.82 Å². The van der Waals surface area contributed by atoms with Crippen LogP contribution in [0.3, 0.4) is 0 Å². The first-order valence-corrected chi connectivity index (χ1v) is 7.23. The van der Waals surface area contributed by atoms with Gasteiger partial charge in [-0.2, -0.15) is 5.10 Å². The highest BCUT2D eigenvalue weighted by Gasteiger charge is 1.99. The number of aromatic nitrogens is 3. The zero-order valence-corrected chi connectivity index (χ0v) is 11.6. The van der Waals surface area contributed by atoms with Crippen molar-refractivity contribution in [3.05, 3.63) is 66.6 Å². The summed E-state index contributed by atoms with van der Waals surface area (Å²) in [6.07, 6.45) is 5.51. The first-order chi connectivity index (χ1) is 9.81. The first kappa shape index (κ1) is 12.7. The lowest BCUT2D eigenvalue weighted by atomic mass is 10.2. The molecule has 2 heterocycles. The topological polar surface area (TPSA) is 56.7 Å². The first-order valence-electron chi connectivity index (χ1n) is 6.24. The number of benzene rings is 1. The van der Waals surface area contributed by atoms with Crippen LogP contribution in [-0.2, 0) is 5.75 Å². The second kappa shape index (κ2) is 5.79. The average Bonchev–Trinajstić information content (AvgIpc) is 3.01. The van der Waals surface area contributed by atoms with Crippen LogP contribution in [0.5, 0.6) is 0 Å². The molecule has 5 heteroatoms. The highest BCUT2D eigenvalue weighted by Crippen LogP contribution is 2.22. The van der Waals surface area contributed by atoms with Crippen LogP contribution in [0.25, 0.3) is 5.69 Å². The highest BCUT2D eigenvalue weighted by atomic mass is 32.2. The maximum atomic E-state index is 5.57. The van der Waals surface area contributed by atoms with E-state index in [-0.39, 0.29) is 0 Å². The van der Waals surface area contributed by atoms with E-state index in [9.17, 15) is 0 Å². The van der Waals surface area contributed by atoms with Gasteiger partial charge in [0.05, 0.1) is 5.69 Å². The van der Waals surface area contributed by atoms with Crippen molar-refractivity contribution < 1.29 is 0 Å². The Bertz CT molecular complexity index is 660. The number of hydrogen-bond acceptors (Lipinski definition) is 4. The minimum atomic E-state index is 0.554. The fraction of sp³-hybridized carbons (Fsp3) is 0.0667. The van der Waals surface area contributed by atoms with E-state index in [0.717, 1.165) is 16.3 Å². The molecule has 0 amide bonds. The third-order valence-corrected chi connectivity index (χ3v) is 3.92. The molecular weight excluding hydrogens is 268 g/mol. The normalized spacial score (nSPS) is 10.6. The van der Waals surface area contributed by atoms with Crippen LogP contribution in [0.1, 0.15) is 5.56 Å². The van der Waals surface area contributed by atoms with Gasteiger partial charge < -0.3 is 5.73 Å². The minimum Gasteiger partial charge on any atom is -0.384 e. The molecule has 0 bridgehead atoms. The Hall–Kier alpha value is -2.27. The van der Waals surface area contributed by atoms with Crippen molar-refractivity contribution in [1.29, 1.82) is 0 Å². The lowest BCUT2D eigenvalue weighted by molar-refractivity contribution is 0.880. The molecule has 0 aliphatic carbocycles. The predicted octanol–water partition coefficient (Wildman–Crippen LogP) is 3.14. The molecule has 100 valence electrons. The number of hydrogen-bond donors (Lipinski definition) is 1. The fourth-order valence-corrected chi connectivity index (χ4v) is 2.63. The molecule has 0 saturated heterocycles. The fourth-order valence-electron chi connectivity index (χ4n) is 1.81. The smallest absolute Gasteiger partial charge is 0.123 e. The number of rotatable bonds is 4. The molecule has 0 radical (unpaired) electrons. The molecular formula is C15H14N4S. The van der Waals surface area contributed by atoms with E-state index in [1.807, 2.05) is 29.1 Å². The van der Waals surface area contributed by atoms with E-state index in [0.29, 0.717) is 5.82 Å². The van der Waals surface area contributed by atoms with Crippen LogP contribution in [0, 0.1) is 0 Å². The summed E-state index contributed by atoms with van der Waals surface area (Å²) in [7, 11) is 0. The van der Waals surface area contributed by atoms with E-state index in [2.05, 4.69) is 34.3 Å². The standard InChI is InChI=1S/C15H14N4S/c16-15-7-6-14(10-17-15)20-11-12-2-4-13(5-3-12)19-9-1-8-18-19/h1-10H,11H2,(H2,16,17). The summed E-state index contributed by atoms with van der Waals surface area (Å²) < 4.78 is 1.85. The quantitative estimate of drug-likeness (QED) is 0.747. The summed E-state index contributed by atoms with van der Waals surface area (Å²) in [5.41, 5.74) is 7.90. The number of nitrogens with zero attached hydrogens (tertiary/aromatic N) is 3. The van der Waals surface area contributed by atoms with Gasteiger partial charge in [-0.25, -0.2) is 9.67 Å². The number of anilines is 1. The molecule has 20 heavy (non-hydrogen) atoms. The molecule has 1 aromatic carbocycles. The van der Waals surface area contributed by atoms with E-state index in [4.69, 9.17) is 5.73 Å². The summed E-state index contributed by atoms with van der Waals surface area (Å²) in [6.45, 7) is 0. The molecule has 0 saturated carbocycles. The monoisotopic (exact) mass is 282 g/mol. The highest BCUT2D eigenvalue weighted by molar-refractivity contribution is 7.98. The van der Waals surface area contributed by atoms with Crippen molar-refractivity contribution >= 4 is 17.6 Å². The molecule has 0 aliphatic rings. The zero-order valence-electron chi connectivity index (χ0n) is 10.8. The maximum Gasteiger partial charge on any atom is 0.123 e. The Labute approximate surface area is 121 Å². The van der Waals surface area contributed by atoms with Crippen molar-refractivity contribution in [1.82, 2.24) is 14.8 Å². The third-order valence-electron chi connectivity index (χ3n) is 2.87. The summed E-state index contributed by atoms with van der Waals surface area (Å²) >= 11 is 1.75. The summed E-state index contributed by atoms with van der Waals surface area (Å²) in [5, 5.41) is 4.21. The second-order valence-corrected chi connectivity index (χ2v) is 5.37. The molecule has 3 rings (SSSR count). The van der Waals surface area contributed by atoms with Crippen molar-refractivity contribution in [2.24, 2.45) is 0 Å². The van der Waals surface area contributed by atoms with Crippen molar-refractivity contribution in [3.63, 3.8) is 0 Å². The van der Waals surface area contributed by atoms with Crippen molar-refractivity contribution in [3.8, 4) is 5.69 Å². The Balaban J connectivity index is 1.65. The van der Waals surface area contributed by atoms with E-state index in [1.165, 1.54) is 5.56 Å². The van der Waals surface area contributed by atoms with Crippen LogP contribution in [-0.4, -0.2) is 14.8 Å². The largest absolute Gasteiger partial charge is 0.384 e. The van der Waals surface area contributed by atoms with Gasteiger partial charge in [-0.1, -0.05) is 12.1 Å². The van der Waals surface area contributed by atoms with Crippen LogP contribution in [0.15, 0.2) is 66.0 Å². The number of nitrogens with two attached hydrogens (primary N) is 1. The predicted molar refractivity (Wildman–Crippen MR) is 81.8 cm³/mol. The summed E-state index contributed by atoms with van der Waals surface area (Å²) in [5.74, 6) is 1.46. The van der Waals surface area contributed by atoms with Gasteiger partial charge in [0.1, 0.15) is 5.82 Å². The van der Waals surface area contributed by atoms with Gasteiger partial charge in [0.2, 0.25) is 0 Å². The van der Waals surface area contributed by atoms with Gasteiger partial charge in [-0.3, -0.25) is 0 Å². The van der Waals surface area contributed by atoms with Gasteiger partial charge in [0.25, 0.3) is 0 Å². The van der Waals surface area contributed by atoms with E-state index in [1.54, 1.807) is 24.2 Å².